The molecule has 0 fully saturated rings. The van der Waals surface area contributed by atoms with E-state index in [9.17, 15) is 9.59 Å². The molecular weight excluding hydrogens is 240 g/mol. The summed E-state index contributed by atoms with van der Waals surface area (Å²) in [6.45, 7) is 9.54. The molecule has 4 nitrogen and oxygen atoms in total. The Labute approximate surface area is 110 Å². The highest BCUT2D eigenvalue weighted by molar-refractivity contribution is 6.27. The van der Waals surface area contributed by atoms with Crippen molar-refractivity contribution in [3.63, 3.8) is 0 Å². The summed E-state index contributed by atoms with van der Waals surface area (Å²) < 4.78 is 0. The Kier molecular flexibility index (Phi) is 16.8. The molecule has 0 radical (unpaired) electrons. The van der Waals surface area contributed by atoms with Gasteiger partial charge in [0.1, 0.15) is 5.88 Å². The van der Waals surface area contributed by atoms with Crippen LogP contribution in [0.1, 0.15) is 48.5 Å². The predicted molar refractivity (Wildman–Crippen MR) is 74.3 cm³/mol. The van der Waals surface area contributed by atoms with Gasteiger partial charge in [-0.1, -0.05) is 14.4 Å². The molecule has 0 atom stereocenters. The highest BCUT2D eigenvalue weighted by atomic mass is 35.5. The van der Waals surface area contributed by atoms with Gasteiger partial charge in [-0.05, 0) is 27.7 Å². The first-order valence-corrected chi connectivity index (χ1v) is 6.01. The zero-order chi connectivity index (χ0) is 13.1. The van der Waals surface area contributed by atoms with Crippen LogP contribution in [0.25, 0.3) is 0 Å². The predicted octanol–water partition coefficient (Wildman–Crippen LogP) is 2.31. The highest BCUT2D eigenvalue weighted by Gasteiger charge is 1.97. The smallest absolute Gasteiger partial charge is 0.235 e. The number of alkyl halides is 1. The van der Waals surface area contributed by atoms with Crippen molar-refractivity contribution in [1.82, 2.24) is 10.6 Å². The van der Waals surface area contributed by atoms with Crippen LogP contribution in [-0.2, 0) is 9.59 Å². The molecule has 0 bridgehead atoms. The zero-order valence-electron chi connectivity index (χ0n) is 10.8. The maximum atomic E-state index is 10.5. The van der Waals surface area contributed by atoms with Gasteiger partial charge in [0, 0.05) is 18.5 Å². The molecule has 0 saturated heterocycles. The van der Waals surface area contributed by atoms with E-state index in [2.05, 4.69) is 10.6 Å². The van der Waals surface area contributed by atoms with Crippen LogP contribution in [-0.4, -0.2) is 29.8 Å². The first-order valence-electron chi connectivity index (χ1n) is 5.48. The van der Waals surface area contributed by atoms with Crippen LogP contribution >= 0.6 is 11.6 Å². The number of hydrogen-bond donors (Lipinski definition) is 2. The third-order valence-electron chi connectivity index (χ3n) is 1.34. The van der Waals surface area contributed by atoms with Crippen molar-refractivity contribution in [2.45, 2.75) is 60.5 Å². The van der Waals surface area contributed by atoms with E-state index >= 15 is 0 Å². The molecule has 0 aliphatic heterocycles. The Morgan fingerprint density at radius 1 is 1.00 bits per heavy atom. The third kappa shape index (κ3) is 21.1. The van der Waals surface area contributed by atoms with Crippen molar-refractivity contribution in [3.05, 3.63) is 0 Å². The largest absolute Gasteiger partial charge is 0.354 e. The van der Waals surface area contributed by atoms with E-state index in [0.717, 1.165) is 0 Å². The second kappa shape index (κ2) is 13.3. The fourth-order valence-electron chi connectivity index (χ4n) is 0.785. The molecule has 0 spiro atoms. The molecule has 0 aromatic rings. The summed E-state index contributed by atoms with van der Waals surface area (Å²) in [5.41, 5.74) is 0. The number of hydrogen-bond acceptors (Lipinski definition) is 2. The Bertz CT molecular complexity index is 185. The number of carbonyl (C=O) groups excluding carboxylic acids is 2. The summed E-state index contributed by atoms with van der Waals surface area (Å²) in [4.78, 5) is 20.9. The van der Waals surface area contributed by atoms with Crippen molar-refractivity contribution < 1.29 is 9.59 Å². The maximum Gasteiger partial charge on any atom is 0.235 e. The monoisotopic (exact) mass is 266 g/mol. The van der Waals surface area contributed by atoms with E-state index in [4.69, 9.17) is 11.6 Å². The Morgan fingerprint density at radius 2 is 1.35 bits per heavy atom. The lowest BCUT2D eigenvalue weighted by Gasteiger charge is -2.04. The summed E-state index contributed by atoms with van der Waals surface area (Å²) >= 11 is 5.18. The molecule has 5 heteroatoms. The molecule has 0 rings (SSSR count). The first kappa shape index (κ1) is 21.5. The average molecular weight is 267 g/mol. The quantitative estimate of drug-likeness (QED) is 0.767. The van der Waals surface area contributed by atoms with Crippen LogP contribution in [0, 0.1) is 0 Å². The summed E-state index contributed by atoms with van der Waals surface area (Å²) in [6.07, 6.45) is 0.582. The van der Waals surface area contributed by atoms with E-state index in [1.165, 1.54) is 0 Å². The lowest BCUT2D eigenvalue weighted by Crippen LogP contribution is -2.30. The van der Waals surface area contributed by atoms with Gasteiger partial charge in [-0.25, -0.2) is 0 Å². The Morgan fingerprint density at radius 3 is 1.47 bits per heavy atom. The molecule has 2 amide bonds. The summed E-state index contributed by atoms with van der Waals surface area (Å²) in [7, 11) is 0. The van der Waals surface area contributed by atoms with Gasteiger partial charge in [0.05, 0.1) is 0 Å². The van der Waals surface area contributed by atoms with Crippen molar-refractivity contribution in [2.24, 2.45) is 0 Å². The average Bonchev–Trinajstić information content (AvgIpc) is 2.16. The fourth-order valence-corrected chi connectivity index (χ4v) is 0.862. The molecule has 104 valence electrons. The molecule has 0 aliphatic carbocycles. The minimum Gasteiger partial charge on any atom is -0.354 e. The molecule has 0 aliphatic rings. The van der Waals surface area contributed by atoms with Crippen LogP contribution in [0.15, 0.2) is 0 Å². The van der Waals surface area contributed by atoms with Crippen LogP contribution in [0.4, 0.5) is 0 Å². The fraction of sp³-hybridized carbons (Fsp3) is 0.833. The minimum absolute atomic E-state index is 0. The molecule has 17 heavy (non-hydrogen) atoms. The minimum atomic E-state index is -0.110. The van der Waals surface area contributed by atoms with Gasteiger partial charge in [-0.15, -0.1) is 11.6 Å². The van der Waals surface area contributed by atoms with Crippen molar-refractivity contribution >= 4 is 23.4 Å². The van der Waals surface area contributed by atoms with Gasteiger partial charge in [-0.2, -0.15) is 0 Å². The zero-order valence-corrected chi connectivity index (χ0v) is 11.5. The number of rotatable bonds is 4. The Balaban J connectivity index is -0.000000218. The van der Waals surface area contributed by atoms with Gasteiger partial charge in [0.2, 0.25) is 11.8 Å². The normalized spacial score (nSPS) is 8.94. The van der Waals surface area contributed by atoms with E-state index < -0.39 is 0 Å². The summed E-state index contributed by atoms with van der Waals surface area (Å²) in [6, 6.07) is 0.476. The molecular formula is C12H27ClN2O2. The molecule has 0 aromatic carbocycles. The first-order chi connectivity index (χ1) is 7.33. The topological polar surface area (TPSA) is 58.2 Å². The van der Waals surface area contributed by atoms with E-state index in [1.54, 1.807) is 0 Å². The standard InChI is InChI=1S/C6H13NO.C5H10ClNO.CH4/c1-4-6(8)7-5(2)3;1-4(2)7-5(8)3-6;/h5H,4H2,1-3H3,(H,7,8);4H,3H2,1-2H3,(H,7,8);1H4. The van der Waals surface area contributed by atoms with Crippen LogP contribution < -0.4 is 10.6 Å². The maximum absolute atomic E-state index is 10.5. The van der Waals surface area contributed by atoms with Crippen molar-refractivity contribution in [1.29, 1.82) is 0 Å². The second-order valence-corrected chi connectivity index (χ2v) is 4.20. The molecule has 0 saturated carbocycles. The van der Waals surface area contributed by atoms with Crippen LogP contribution in [0.2, 0.25) is 0 Å². The molecule has 0 aromatic heterocycles. The molecule has 2 N–H and O–H groups in total. The van der Waals surface area contributed by atoms with E-state index in [0.29, 0.717) is 6.42 Å². The van der Waals surface area contributed by atoms with Gasteiger partial charge in [0.25, 0.3) is 0 Å². The SMILES string of the molecule is C.CC(C)NC(=O)CCl.CCC(=O)NC(C)C. The third-order valence-corrected chi connectivity index (χ3v) is 1.58. The number of amides is 2. The summed E-state index contributed by atoms with van der Waals surface area (Å²) in [5, 5.41) is 5.38. The highest BCUT2D eigenvalue weighted by Crippen LogP contribution is 1.79. The lowest BCUT2D eigenvalue weighted by molar-refractivity contribution is -0.121. The number of nitrogens with one attached hydrogen (secondary N) is 2. The van der Waals surface area contributed by atoms with Gasteiger partial charge < -0.3 is 10.6 Å². The van der Waals surface area contributed by atoms with Gasteiger partial charge in [0.15, 0.2) is 0 Å². The van der Waals surface area contributed by atoms with Crippen molar-refractivity contribution in [2.75, 3.05) is 5.88 Å². The van der Waals surface area contributed by atoms with Gasteiger partial charge in [-0.3, -0.25) is 9.59 Å². The molecule has 0 unspecified atom stereocenters. The molecule has 0 heterocycles. The Hall–Kier alpha value is -0.770. The van der Waals surface area contributed by atoms with Crippen LogP contribution in [0.3, 0.4) is 0 Å². The second-order valence-electron chi connectivity index (χ2n) is 3.93. The van der Waals surface area contributed by atoms with E-state index in [-0.39, 0.29) is 37.2 Å². The number of halogens is 1. The van der Waals surface area contributed by atoms with Gasteiger partial charge >= 0.3 is 0 Å². The summed E-state index contributed by atoms with van der Waals surface area (Å²) in [5.74, 6) is 0.0692. The lowest BCUT2D eigenvalue weighted by atomic mass is 10.3. The number of carbonyl (C=O) groups is 2. The van der Waals surface area contributed by atoms with Crippen molar-refractivity contribution in [3.8, 4) is 0 Å². The van der Waals surface area contributed by atoms with E-state index in [1.807, 2.05) is 34.6 Å². The van der Waals surface area contributed by atoms with Crippen LogP contribution in [0.5, 0.6) is 0 Å².